The van der Waals surface area contributed by atoms with Crippen molar-refractivity contribution in [2.24, 2.45) is 0 Å². The van der Waals surface area contributed by atoms with E-state index >= 15 is 0 Å². The van der Waals surface area contributed by atoms with Crippen LogP contribution in [-0.4, -0.2) is 57.6 Å². The summed E-state index contributed by atoms with van der Waals surface area (Å²) in [5.74, 6) is -0.711. The molecule has 8 nitrogen and oxygen atoms in total. The molecule has 124 valence electrons. The number of para-hydroxylation sites is 1. The molecule has 1 aromatic heterocycles. The molecule has 0 atom stereocenters. The largest absolute Gasteiger partial charge is 0.481 e. The quantitative estimate of drug-likeness (QED) is 0.733. The first-order valence-corrected chi connectivity index (χ1v) is 9.38. The van der Waals surface area contributed by atoms with Crippen molar-refractivity contribution in [2.45, 2.75) is 11.7 Å². The van der Waals surface area contributed by atoms with Crippen molar-refractivity contribution in [3.8, 4) is 5.69 Å². The third-order valence-corrected chi connectivity index (χ3v) is 5.14. The minimum Gasteiger partial charge on any atom is -0.481 e. The Labute approximate surface area is 138 Å². The molecule has 0 unspecified atom stereocenters. The molecule has 0 aliphatic heterocycles. The van der Waals surface area contributed by atoms with Crippen LogP contribution < -0.4 is 0 Å². The Hall–Kier alpha value is -1.91. The lowest BCUT2D eigenvalue weighted by molar-refractivity contribution is -0.133. The summed E-state index contributed by atoms with van der Waals surface area (Å²) in [6.45, 7) is 0.0361. The number of aromatic nitrogens is 3. The fourth-order valence-corrected chi connectivity index (χ4v) is 2.82. The summed E-state index contributed by atoms with van der Waals surface area (Å²) in [5, 5.41) is 17.2. The van der Waals surface area contributed by atoms with Crippen molar-refractivity contribution < 1.29 is 18.3 Å². The minimum absolute atomic E-state index is 0.0361. The number of carboxylic acids is 1. The van der Waals surface area contributed by atoms with E-state index in [4.69, 9.17) is 5.11 Å². The summed E-state index contributed by atoms with van der Waals surface area (Å²) in [4.78, 5) is 10.8. The number of hydrogen-bond donors (Lipinski definition) is 1. The monoisotopic (exact) mass is 356 g/mol. The number of thioether (sulfide) groups is 1. The van der Waals surface area contributed by atoms with Gasteiger partial charge in [-0.25, -0.2) is 8.42 Å². The molecule has 1 N–H and O–H groups in total. The van der Waals surface area contributed by atoms with Crippen LogP contribution in [0.15, 0.2) is 35.5 Å². The van der Waals surface area contributed by atoms with Crippen LogP contribution in [-0.2, 0) is 21.4 Å². The van der Waals surface area contributed by atoms with Crippen molar-refractivity contribution in [1.29, 1.82) is 0 Å². The molecule has 0 bridgehead atoms. The summed E-state index contributed by atoms with van der Waals surface area (Å²) < 4.78 is 26.0. The van der Waals surface area contributed by atoms with Crippen LogP contribution in [0.1, 0.15) is 5.82 Å². The third-order valence-electron chi connectivity index (χ3n) is 2.97. The molecule has 0 saturated carbocycles. The van der Waals surface area contributed by atoms with Gasteiger partial charge in [0.05, 0.1) is 18.6 Å². The Morgan fingerprint density at radius 1 is 1.30 bits per heavy atom. The van der Waals surface area contributed by atoms with Gasteiger partial charge in [0, 0.05) is 12.7 Å². The maximum absolute atomic E-state index is 11.6. The molecule has 0 saturated heterocycles. The number of carbonyl (C=O) groups is 1. The van der Waals surface area contributed by atoms with E-state index in [-0.39, 0.29) is 12.3 Å². The topological polar surface area (TPSA) is 105 Å². The number of sulfonamides is 1. The van der Waals surface area contributed by atoms with Gasteiger partial charge >= 0.3 is 5.97 Å². The molecule has 1 aromatic carbocycles. The number of nitrogens with zero attached hydrogens (tertiary/aromatic N) is 4. The highest BCUT2D eigenvalue weighted by Crippen LogP contribution is 2.22. The molecular weight excluding hydrogens is 340 g/mol. The van der Waals surface area contributed by atoms with Crippen LogP contribution in [0.4, 0.5) is 0 Å². The predicted molar refractivity (Wildman–Crippen MR) is 86.0 cm³/mol. The Morgan fingerprint density at radius 3 is 2.52 bits per heavy atom. The van der Waals surface area contributed by atoms with E-state index in [2.05, 4.69) is 10.2 Å². The van der Waals surface area contributed by atoms with Gasteiger partial charge in [0.1, 0.15) is 0 Å². The van der Waals surface area contributed by atoms with Gasteiger partial charge in [0.2, 0.25) is 10.0 Å². The fourth-order valence-electron chi connectivity index (χ4n) is 1.78. The number of benzene rings is 1. The molecule has 0 spiro atoms. The Bertz CT molecular complexity index is 790. The van der Waals surface area contributed by atoms with Crippen molar-refractivity contribution >= 4 is 27.8 Å². The van der Waals surface area contributed by atoms with Crippen LogP contribution in [0, 0.1) is 0 Å². The van der Waals surface area contributed by atoms with Crippen LogP contribution in [0.3, 0.4) is 0 Å². The molecule has 0 aliphatic rings. The van der Waals surface area contributed by atoms with Crippen LogP contribution in [0.5, 0.6) is 0 Å². The van der Waals surface area contributed by atoms with Crippen molar-refractivity contribution in [3.05, 3.63) is 36.2 Å². The number of rotatable bonds is 7. The molecule has 1 heterocycles. The lowest BCUT2D eigenvalue weighted by Gasteiger charge is -2.15. The summed E-state index contributed by atoms with van der Waals surface area (Å²) in [5.41, 5.74) is 0.738. The molecular formula is C13H16N4O4S2. The summed E-state index contributed by atoms with van der Waals surface area (Å²) in [6.07, 6.45) is 1.11. The zero-order valence-corrected chi connectivity index (χ0v) is 14.2. The SMILES string of the molecule is CN(Cc1nnc(SCC(=O)O)n1-c1ccccc1)S(C)(=O)=O. The zero-order chi connectivity index (χ0) is 17.0. The molecule has 0 amide bonds. The van der Waals surface area contributed by atoms with E-state index in [9.17, 15) is 13.2 Å². The minimum atomic E-state index is -3.37. The molecule has 2 aromatic rings. The highest BCUT2D eigenvalue weighted by Gasteiger charge is 2.20. The first kappa shape index (κ1) is 17.4. The van der Waals surface area contributed by atoms with E-state index in [0.717, 1.165) is 28.0 Å². The lowest BCUT2D eigenvalue weighted by Crippen LogP contribution is -2.26. The molecule has 2 rings (SSSR count). The highest BCUT2D eigenvalue weighted by molar-refractivity contribution is 7.99. The van der Waals surface area contributed by atoms with Gasteiger partial charge in [-0.15, -0.1) is 10.2 Å². The average Bonchev–Trinajstić information content (AvgIpc) is 2.87. The van der Waals surface area contributed by atoms with Crippen LogP contribution >= 0.6 is 11.8 Å². The normalized spacial score (nSPS) is 11.8. The Balaban J connectivity index is 2.41. The third kappa shape index (κ3) is 4.53. The summed E-state index contributed by atoms with van der Waals surface area (Å²) >= 11 is 1.03. The van der Waals surface area contributed by atoms with Crippen molar-refractivity contribution in [2.75, 3.05) is 19.1 Å². The van der Waals surface area contributed by atoms with Gasteiger partial charge in [0.25, 0.3) is 0 Å². The van der Waals surface area contributed by atoms with E-state index in [1.807, 2.05) is 30.3 Å². The molecule has 10 heteroatoms. The second kappa shape index (κ2) is 7.11. The molecule has 0 radical (unpaired) electrons. The van der Waals surface area contributed by atoms with Gasteiger partial charge in [0.15, 0.2) is 11.0 Å². The number of carboxylic acid groups (broad SMARTS) is 1. The average molecular weight is 356 g/mol. The van der Waals surface area contributed by atoms with Gasteiger partial charge in [-0.2, -0.15) is 4.31 Å². The summed E-state index contributed by atoms with van der Waals surface area (Å²) in [7, 11) is -1.92. The maximum atomic E-state index is 11.6. The first-order chi connectivity index (χ1) is 10.8. The van der Waals surface area contributed by atoms with Crippen molar-refractivity contribution in [1.82, 2.24) is 19.1 Å². The van der Waals surface area contributed by atoms with Crippen LogP contribution in [0.2, 0.25) is 0 Å². The van der Waals surface area contributed by atoms with E-state index < -0.39 is 16.0 Å². The van der Waals surface area contributed by atoms with E-state index in [1.54, 1.807) is 4.57 Å². The predicted octanol–water partition coefficient (Wildman–Crippen LogP) is 0.835. The fraction of sp³-hybridized carbons (Fsp3) is 0.308. The van der Waals surface area contributed by atoms with Gasteiger partial charge in [-0.05, 0) is 12.1 Å². The first-order valence-electron chi connectivity index (χ1n) is 6.54. The van der Waals surface area contributed by atoms with Gasteiger partial charge in [-0.3, -0.25) is 9.36 Å². The molecule has 0 fully saturated rings. The zero-order valence-electron chi connectivity index (χ0n) is 12.6. The van der Waals surface area contributed by atoms with Crippen molar-refractivity contribution in [3.63, 3.8) is 0 Å². The second-order valence-electron chi connectivity index (χ2n) is 4.77. The standard InChI is InChI=1S/C13H16N4O4S2/c1-16(23(2,20)21)8-11-14-15-13(22-9-12(18)19)17(11)10-6-4-3-5-7-10/h3-7H,8-9H2,1-2H3,(H,18,19). The van der Waals surface area contributed by atoms with Gasteiger partial charge in [-0.1, -0.05) is 30.0 Å². The smallest absolute Gasteiger partial charge is 0.313 e. The maximum Gasteiger partial charge on any atom is 0.313 e. The van der Waals surface area contributed by atoms with Gasteiger partial charge < -0.3 is 5.11 Å². The van der Waals surface area contributed by atoms with E-state index in [0.29, 0.717) is 11.0 Å². The number of aliphatic carboxylic acids is 1. The van der Waals surface area contributed by atoms with Crippen LogP contribution in [0.25, 0.3) is 5.69 Å². The highest BCUT2D eigenvalue weighted by atomic mass is 32.2. The second-order valence-corrected chi connectivity index (χ2v) is 7.80. The van der Waals surface area contributed by atoms with E-state index in [1.165, 1.54) is 7.05 Å². The Morgan fingerprint density at radius 2 is 1.96 bits per heavy atom. The number of hydrogen-bond acceptors (Lipinski definition) is 6. The summed E-state index contributed by atoms with van der Waals surface area (Å²) in [6, 6.07) is 9.13. The molecule has 0 aliphatic carbocycles. The lowest BCUT2D eigenvalue weighted by atomic mass is 10.3. The Kier molecular flexibility index (Phi) is 5.39. The molecule has 23 heavy (non-hydrogen) atoms.